The molecule has 0 fully saturated rings. The Kier molecular flexibility index (Phi) is 7.25. The number of amidine groups is 1. The molecule has 144 valence electrons. The Bertz CT molecular complexity index is 819. The molecule has 2 aromatic carbocycles. The molecule has 3 rings (SSSR count). The van der Waals surface area contributed by atoms with Crippen molar-refractivity contribution in [1.82, 2.24) is 0 Å². The van der Waals surface area contributed by atoms with Gasteiger partial charge in [0.05, 0.1) is 6.10 Å². The van der Waals surface area contributed by atoms with Crippen LogP contribution in [0.3, 0.4) is 0 Å². The van der Waals surface area contributed by atoms with E-state index in [1.165, 1.54) is 0 Å². The number of rotatable bonds is 5. The minimum absolute atomic E-state index is 0. The molecule has 0 aromatic heterocycles. The summed E-state index contributed by atoms with van der Waals surface area (Å²) < 4.78 is 5.95. The third kappa shape index (κ3) is 5.01. The maximum atomic E-state index is 12.5. The normalized spacial score (nSPS) is 15.9. The number of carbonyl (C=O) groups excluding carboxylic acids is 1. The molecule has 3 N–H and O–H groups in total. The van der Waals surface area contributed by atoms with Crippen molar-refractivity contribution in [3.63, 3.8) is 0 Å². The molecule has 5 nitrogen and oxygen atoms in total. The highest BCUT2D eigenvalue weighted by Crippen LogP contribution is 2.31. The average Bonchev–Trinajstić information content (AvgIpc) is 2.67. The second-order valence-corrected chi connectivity index (χ2v) is 6.40. The Labute approximate surface area is 166 Å². The van der Waals surface area contributed by atoms with Crippen LogP contribution in [0.25, 0.3) is 0 Å². The first-order chi connectivity index (χ1) is 12.6. The predicted octanol–water partition coefficient (Wildman–Crippen LogP) is 4.19. The van der Waals surface area contributed by atoms with Gasteiger partial charge in [-0.2, -0.15) is 0 Å². The van der Waals surface area contributed by atoms with E-state index < -0.39 is 0 Å². The summed E-state index contributed by atoms with van der Waals surface area (Å²) in [5.41, 5.74) is 9.20. The van der Waals surface area contributed by atoms with Gasteiger partial charge in [0, 0.05) is 23.4 Å². The van der Waals surface area contributed by atoms with Crippen LogP contribution in [-0.2, 0) is 6.42 Å². The van der Waals surface area contributed by atoms with Gasteiger partial charge in [0.2, 0.25) is 0 Å². The van der Waals surface area contributed by atoms with Gasteiger partial charge < -0.3 is 15.8 Å². The molecule has 1 atom stereocenters. The lowest BCUT2D eigenvalue weighted by Gasteiger charge is -2.25. The number of nitrogens with one attached hydrogen (secondary N) is 1. The van der Waals surface area contributed by atoms with Gasteiger partial charge in [-0.15, -0.1) is 12.4 Å². The molecule has 1 aliphatic heterocycles. The maximum Gasteiger partial charge on any atom is 0.255 e. The van der Waals surface area contributed by atoms with E-state index in [0.29, 0.717) is 24.0 Å². The van der Waals surface area contributed by atoms with E-state index in [4.69, 9.17) is 10.5 Å². The van der Waals surface area contributed by atoms with Crippen molar-refractivity contribution >= 4 is 29.8 Å². The van der Waals surface area contributed by atoms with Crippen LogP contribution >= 0.6 is 12.4 Å². The molecule has 6 heteroatoms. The number of halogens is 1. The number of fused-ring (bicyclic) bond motifs is 1. The second-order valence-electron chi connectivity index (χ2n) is 6.40. The van der Waals surface area contributed by atoms with Crippen molar-refractivity contribution in [1.29, 1.82) is 0 Å². The third-order valence-electron chi connectivity index (χ3n) is 4.57. The number of amides is 1. The van der Waals surface area contributed by atoms with Crippen molar-refractivity contribution < 1.29 is 9.53 Å². The minimum atomic E-state index is -0.148. The fraction of sp³-hybridized carbons (Fsp3) is 0.333. The maximum absolute atomic E-state index is 12.5. The van der Waals surface area contributed by atoms with Crippen molar-refractivity contribution in [2.45, 2.75) is 39.2 Å². The van der Waals surface area contributed by atoms with Crippen LogP contribution in [0.5, 0.6) is 5.75 Å². The number of aliphatic imine (C=N–C) groups is 1. The summed E-state index contributed by atoms with van der Waals surface area (Å²) in [6.45, 7) is 4.70. The van der Waals surface area contributed by atoms with Crippen LogP contribution in [-0.4, -0.2) is 24.4 Å². The summed E-state index contributed by atoms with van der Waals surface area (Å²) in [6, 6.07) is 13.0. The van der Waals surface area contributed by atoms with Gasteiger partial charge in [-0.05, 0) is 62.1 Å². The number of ether oxygens (including phenoxy) is 1. The van der Waals surface area contributed by atoms with E-state index in [1.807, 2.05) is 37.3 Å². The summed E-state index contributed by atoms with van der Waals surface area (Å²) in [6.07, 6.45) is 3.30. The van der Waals surface area contributed by atoms with E-state index in [1.54, 1.807) is 12.1 Å². The number of benzene rings is 2. The Morgan fingerprint density at radius 1 is 1.19 bits per heavy atom. The van der Waals surface area contributed by atoms with E-state index in [2.05, 4.69) is 17.2 Å². The molecule has 0 aliphatic carbocycles. The molecule has 1 amide bonds. The molecule has 27 heavy (non-hydrogen) atoms. The van der Waals surface area contributed by atoms with Gasteiger partial charge >= 0.3 is 0 Å². The Balaban J connectivity index is 0.00000261. The minimum Gasteiger partial charge on any atom is -0.490 e. The zero-order valence-electron chi connectivity index (χ0n) is 15.7. The summed E-state index contributed by atoms with van der Waals surface area (Å²) in [5, 5.41) is 2.95. The van der Waals surface area contributed by atoms with Crippen molar-refractivity contribution in [2.24, 2.45) is 10.7 Å². The van der Waals surface area contributed by atoms with Crippen LogP contribution in [0.1, 0.15) is 48.2 Å². The topological polar surface area (TPSA) is 76.7 Å². The molecule has 0 saturated carbocycles. The molecular weight excluding hydrogens is 362 g/mol. The lowest BCUT2D eigenvalue weighted by molar-refractivity contribution is 0.102. The van der Waals surface area contributed by atoms with Gasteiger partial charge in [0.15, 0.2) is 0 Å². The third-order valence-corrected chi connectivity index (χ3v) is 4.57. The highest BCUT2D eigenvalue weighted by Gasteiger charge is 2.18. The Morgan fingerprint density at radius 3 is 2.56 bits per heavy atom. The summed E-state index contributed by atoms with van der Waals surface area (Å²) >= 11 is 0. The SMILES string of the molecule is CCN=C(N)c1ccc(C(=O)Nc2ccc3c(c2)CCC(CC)O3)cc1.Cl. The van der Waals surface area contributed by atoms with Crippen molar-refractivity contribution in [3.8, 4) is 5.75 Å². The average molecular weight is 388 g/mol. The fourth-order valence-electron chi connectivity index (χ4n) is 3.07. The van der Waals surface area contributed by atoms with E-state index in [0.717, 1.165) is 41.8 Å². The lowest BCUT2D eigenvalue weighted by atomic mass is 10.0. The van der Waals surface area contributed by atoms with Gasteiger partial charge in [-0.25, -0.2) is 0 Å². The van der Waals surface area contributed by atoms with Crippen molar-refractivity contribution in [3.05, 3.63) is 59.2 Å². The molecule has 2 aromatic rings. The second kappa shape index (κ2) is 9.42. The van der Waals surface area contributed by atoms with Crippen LogP contribution in [0, 0.1) is 0 Å². The molecule has 0 bridgehead atoms. The molecule has 0 radical (unpaired) electrons. The number of hydrogen-bond acceptors (Lipinski definition) is 3. The standard InChI is InChI=1S/C21H25N3O2.ClH/c1-3-18-11-9-16-13-17(10-12-19(16)26-18)24-21(25)15-7-5-14(6-8-15)20(22)23-4-2;/h5-8,10,12-13,18H,3-4,9,11H2,1-2H3,(H2,22,23)(H,24,25);1H. The first kappa shape index (κ1) is 20.8. The number of nitrogens with two attached hydrogens (primary N) is 1. The molecule has 1 heterocycles. The van der Waals surface area contributed by atoms with E-state index >= 15 is 0 Å². The van der Waals surface area contributed by atoms with Crippen LogP contribution in [0.4, 0.5) is 5.69 Å². The van der Waals surface area contributed by atoms with Gasteiger partial charge in [0.25, 0.3) is 5.91 Å². The summed E-state index contributed by atoms with van der Waals surface area (Å²) in [5.74, 6) is 1.27. The zero-order chi connectivity index (χ0) is 18.5. The molecule has 0 spiro atoms. The highest BCUT2D eigenvalue weighted by molar-refractivity contribution is 6.05. The smallest absolute Gasteiger partial charge is 0.255 e. The van der Waals surface area contributed by atoms with Gasteiger partial charge in [-0.1, -0.05) is 19.1 Å². The number of carbonyl (C=O) groups is 1. The van der Waals surface area contributed by atoms with Gasteiger partial charge in [0.1, 0.15) is 11.6 Å². The zero-order valence-corrected chi connectivity index (χ0v) is 16.5. The van der Waals surface area contributed by atoms with Crippen LogP contribution < -0.4 is 15.8 Å². The highest BCUT2D eigenvalue weighted by atomic mass is 35.5. The van der Waals surface area contributed by atoms with Gasteiger partial charge in [-0.3, -0.25) is 9.79 Å². The number of hydrogen-bond donors (Lipinski definition) is 2. The van der Waals surface area contributed by atoms with E-state index in [9.17, 15) is 4.79 Å². The number of aryl methyl sites for hydroxylation is 1. The largest absolute Gasteiger partial charge is 0.490 e. The first-order valence-corrected chi connectivity index (χ1v) is 9.12. The van der Waals surface area contributed by atoms with Crippen LogP contribution in [0.2, 0.25) is 0 Å². The predicted molar refractivity (Wildman–Crippen MR) is 112 cm³/mol. The molecule has 0 saturated heterocycles. The first-order valence-electron chi connectivity index (χ1n) is 9.12. The molecule has 1 unspecified atom stereocenters. The number of anilines is 1. The monoisotopic (exact) mass is 387 g/mol. The molecular formula is C21H26ClN3O2. The number of nitrogens with zero attached hydrogens (tertiary/aromatic N) is 1. The summed E-state index contributed by atoms with van der Waals surface area (Å²) in [7, 11) is 0. The summed E-state index contributed by atoms with van der Waals surface area (Å²) in [4.78, 5) is 16.7. The molecule has 1 aliphatic rings. The Morgan fingerprint density at radius 2 is 1.89 bits per heavy atom. The van der Waals surface area contributed by atoms with Crippen molar-refractivity contribution in [2.75, 3.05) is 11.9 Å². The fourth-order valence-corrected chi connectivity index (χ4v) is 3.07. The quantitative estimate of drug-likeness (QED) is 0.596. The van der Waals surface area contributed by atoms with E-state index in [-0.39, 0.29) is 18.3 Å². The van der Waals surface area contributed by atoms with Crippen LogP contribution in [0.15, 0.2) is 47.5 Å². The Hall–Kier alpha value is -2.53. The lowest BCUT2D eigenvalue weighted by Crippen LogP contribution is -2.21.